The Morgan fingerprint density at radius 2 is 1.48 bits per heavy atom. The Kier molecular flexibility index (Phi) is 8.17. The number of hydrogen-bond donors (Lipinski definition) is 3. The van der Waals surface area contributed by atoms with Crippen molar-refractivity contribution in [2.75, 3.05) is 24.6 Å². The number of nitrogens with one attached hydrogen (secondary N) is 2. The number of anilines is 1. The van der Waals surface area contributed by atoms with E-state index in [0.717, 1.165) is 18.8 Å². The molecule has 0 spiro atoms. The van der Waals surface area contributed by atoms with E-state index in [0.29, 0.717) is 11.1 Å². The molecule has 0 atom stereocenters. The third-order valence-electron chi connectivity index (χ3n) is 4.28. The molecule has 0 aliphatic heterocycles. The third kappa shape index (κ3) is 6.32. The van der Waals surface area contributed by atoms with Crippen molar-refractivity contribution in [1.29, 1.82) is 0 Å². The van der Waals surface area contributed by atoms with Crippen LogP contribution in [0.1, 0.15) is 40.1 Å². The number of rotatable bonds is 8. The third-order valence-corrected chi connectivity index (χ3v) is 4.28. The Balaban J connectivity index is 1.79. The molecule has 0 aliphatic rings. The SMILES string of the molecule is CCN(CC)c1ccc(C(=O)NNC(=O)COC(=O)c2ccc(CO)cc2)cc1. The number of carbonyl (C=O) groups is 3. The number of hydrazine groups is 1. The molecule has 2 amide bonds. The molecule has 0 saturated heterocycles. The van der Waals surface area contributed by atoms with Gasteiger partial charge >= 0.3 is 5.97 Å². The molecule has 3 N–H and O–H groups in total. The van der Waals surface area contributed by atoms with E-state index in [9.17, 15) is 14.4 Å². The molecule has 29 heavy (non-hydrogen) atoms. The van der Waals surface area contributed by atoms with Crippen molar-refractivity contribution in [2.45, 2.75) is 20.5 Å². The Hall–Kier alpha value is -3.39. The molecule has 0 radical (unpaired) electrons. The van der Waals surface area contributed by atoms with Crippen LogP contribution in [-0.2, 0) is 16.1 Å². The van der Waals surface area contributed by atoms with Gasteiger partial charge in [-0.1, -0.05) is 12.1 Å². The van der Waals surface area contributed by atoms with E-state index in [1.54, 1.807) is 24.3 Å². The monoisotopic (exact) mass is 399 g/mol. The minimum absolute atomic E-state index is 0.129. The molecule has 8 nitrogen and oxygen atoms in total. The van der Waals surface area contributed by atoms with Crippen LogP contribution in [0.25, 0.3) is 0 Å². The molecule has 0 aliphatic carbocycles. The highest BCUT2D eigenvalue weighted by Gasteiger charge is 2.12. The summed E-state index contributed by atoms with van der Waals surface area (Å²) < 4.78 is 4.90. The van der Waals surface area contributed by atoms with Gasteiger partial charge in [-0.25, -0.2) is 4.79 Å². The van der Waals surface area contributed by atoms with Gasteiger partial charge in [0.2, 0.25) is 0 Å². The Labute approximate surface area is 169 Å². The van der Waals surface area contributed by atoms with Gasteiger partial charge in [-0.3, -0.25) is 20.4 Å². The largest absolute Gasteiger partial charge is 0.452 e. The van der Waals surface area contributed by atoms with Crippen LogP contribution >= 0.6 is 0 Å². The second kappa shape index (κ2) is 10.8. The lowest BCUT2D eigenvalue weighted by Gasteiger charge is -2.21. The van der Waals surface area contributed by atoms with Gasteiger partial charge < -0.3 is 14.7 Å². The summed E-state index contributed by atoms with van der Waals surface area (Å²) in [6.45, 7) is 5.16. The van der Waals surface area contributed by atoms with Crippen LogP contribution in [0.2, 0.25) is 0 Å². The molecule has 0 heterocycles. The smallest absolute Gasteiger partial charge is 0.338 e. The van der Waals surface area contributed by atoms with E-state index in [2.05, 4.69) is 29.6 Å². The van der Waals surface area contributed by atoms with Crippen LogP contribution in [0, 0.1) is 0 Å². The summed E-state index contributed by atoms with van der Waals surface area (Å²) in [6.07, 6.45) is 0. The standard InChI is InChI=1S/C21H25N3O5/c1-3-24(4-2)18-11-9-16(10-12-18)20(27)23-22-19(26)14-29-21(28)17-7-5-15(13-25)6-8-17/h5-12,25H,3-4,13-14H2,1-2H3,(H,22,26)(H,23,27). The Morgan fingerprint density at radius 3 is 2.03 bits per heavy atom. The van der Waals surface area contributed by atoms with Crippen molar-refractivity contribution in [1.82, 2.24) is 10.9 Å². The van der Waals surface area contributed by atoms with Crippen LogP contribution in [0.3, 0.4) is 0 Å². The van der Waals surface area contributed by atoms with Crippen molar-refractivity contribution in [3.63, 3.8) is 0 Å². The predicted molar refractivity (Wildman–Crippen MR) is 108 cm³/mol. The number of benzene rings is 2. The number of ether oxygens (including phenoxy) is 1. The molecular weight excluding hydrogens is 374 g/mol. The molecule has 8 heteroatoms. The average molecular weight is 399 g/mol. The summed E-state index contributed by atoms with van der Waals surface area (Å²) >= 11 is 0. The van der Waals surface area contributed by atoms with Crippen molar-refractivity contribution < 1.29 is 24.2 Å². The molecule has 154 valence electrons. The first-order valence-corrected chi connectivity index (χ1v) is 9.29. The first-order valence-electron chi connectivity index (χ1n) is 9.29. The van der Waals surface area contributed by atoms with E-state index in [4.69, 9.17) is 9.84 Å². The average Bonchev–Trinajstić information content (AvgIpc) is 2.77. The normalized spacial score (nSPS) is 10.2. The molecule has 0 aromatic heterocycles. The molecular formula is C21H25N3O5. The van der Waals surface area contributed by atoms with Gasteiger partial charge in [0, 0.05) is 24.3 Å². The molecule has 0 saturated carbocycles. The fourth-order valence-electron chi connectivity index (χ4n) is 2.61. The zero-order valence-corrected chi connectivity index (χ0v) is 16.5. The maximum absolute atomic E-state index is 12.1. The summed E-state index contributed by atoms with van der Waals surface area (Å²) in [5, 5.41) is 8.98. The van der Waals surface area contributed by atoms with Crippen LogP contribution in [0.4, 0.5) is 5.69 Å². The Morgan fingerprint density at radius 1 is 0.897 bits per heavy atom. The Bertz CT molecular complexity index is 830. The van der Waals surface area contributed by atoms with Gasteiger partial charge in [-0.05, 0) is 55.8 Å². The second-order valence-corrected chi connectivity index (χ2v) is 6.15. The fraction of sp³-hybridized carbons (Fsp3) is 0.286. The molecule has 0 bridgehead atoms. The van der Waals surface area contributed by atoms with E-state index in [-0.39, 0.29) is 12.2 Å². The molecule has 2 aromatic carbocycles. The number of aliphatic hydroxyl groups is 1. The van der Waals surface area contributed by atoms with E-state index in [1.807, 2.05) is 12.1 Å². The topological polar surface area (TPSA) is 108 Å². The number of nitrogens with zero attached hydrogens (tertiary/aromatic N) is 1. The molecule has 2 rings (SSSR count). The predicted octanol–water partition coefficient (Wildman–Crippen LogP) is 1.64. The van der Waals surface area contributed by atoms with E-state index in [1.165, 1.54) is 12.1 Å². The summed E-state index contributed by atoms with van der Waals surface area (Å²) in [5.41, 5.74) is 6.81. The van der Waals surface area contributed by atoms with Gasteiger partial charge in [0.25, 0.3) is 11.8 Å². The molecule has 0 fully saturated rings. The summed E-state index contributed by atoms with van der Waals surface area (Å²) in [6, 6.07) is 13.2. The highest BCUT2D eigenvalue weighted by atomic mass is 16.5. The number of aliphatic hydroxyl groups excluding tert-OH is 1. The van der Waals surface area contributed by atoms with Gasteiger partial charge in [0.15, 0.2) is 6.61 Å². The lowest BCUT2D eigenvalue weighted by Crippen LogP contribution is -2.43. The van der Waals surface area contributed by atoms with Gasteiger partial charge in [0.05, 0.1) is 12.2 Å². The first kappa shape index (κ1) is 21.9. The summed E-state index contributed by atoms with van der Waals surface area (Å²) in [4.78, 5) is 38.0. The summed E-state index contributed by atoms with van der Waals surface area (Å²) in [7, 11) is 0. The van der Waals surface area contributed by atoms with E-state index >= 15 is 0 Å². The fourth-order valence-corrected chi connectivity index (χ4v) is 2.61. The van der Waals surface area contributed by atoms with Crippen LogP contribution < -0.4 is 15.8 Å². The van der Waals surface area contributed by atoms with Crippen LogP contribution in [0.15, 0.2) is 48.5 Å². The maximum atomic E-state index is 12.1. The zero-order valence-electron chi connectivity index (χ0n) is 16.5. The lowest BCUT2D eigenvalue weighted by molar-refractivity contribution is -0.125. The minimum atomic E-state index is -0.678. The van der Waals surface area contributed by atoms with Crippen LogP contribution in [-0.4, -0.2) is 42.6 Å². The van der Waals surface area contributed by atoms with Gasteiger partial charge in [-0.15, -0.1) is 0 Å². The van der Waals surface area contributed by atoms with Gasteiger partial charge in [-0.2, -0.15) is 0 Å². The van der Waals surface area contributed by atoms with Gasteiger partial charge in [0.1, 0.15) is 0 Å². The second-order valence-electron chi connectivity index (χ2n) is 6.15. The number of amides is 2. The van der Waals surface area contributed by atoms with Crippen molar-refractivity contribution in [2.24, 2.45) is 0 Å². The van der Waals surface area contributed by atoms with Crippen LogP contribution in [0.5, 0.6) is 0 Å². The minimum Gasteiger partial charge on any atom is -0.452 e. The van der Waals surface area contributed by atoms with Crippen molar-refractivity contribution >= 4 is 23.5 Å². The molecule has 2 aromatic rings. The highest BCUT2D eigenvalue weighted by Crippen LogP contribution is 2.14. The van der Waals surface area contributed by atoms with Crippen molar-refractivity contribution in [3.8, 4) is 0 Å². The zero-order chi connectivity index (χ0) is 21.2. The first-order chi connectivity index (χ1) is 14.0. The quantitative estimate of drug-likeness (QED) is 0.460. The number of esters is 1. The van der Waals surface area contributed by atoms with Crippen molar-refractivity contribution in [3.05, 3.63) is 65.2 Å². The summed E-state index contributed by atoms with van der Waals surface area (Å²) in [5.74, 6) is -1.82. The highest BCUT2D eigenvalue weighted by molar-refractivity contribution is 5.96. The molecule has 0 unspecified atom stereocenters. The van der Waals surface area contributed by atoms with E-state index < -0.39 is 24.4 Å². The number of hydrogen-bond acceptors (Lipinski definition) is 6. The maximum Gasteiger partial charge on any atom is 0.338 e. The number of carbonyl (C=O) groups excluding carboxylic acids is 3. The lowest BCUT2D eigenvalue weighted by atomic mass is 10.1.